The molecular weight excluding hydrogens is 401 g/mol. The van der Waals surface area contributed by atoms with Gasteiger partial charge in [0.05, 0.1) is 46.0 Å². The van der Waals surface area contributed by atoms with E-state index in [1.54, 1.807) is 41.2 Å². The van der Waals surface area contributed by atoms with E-state index in [0.717, 1.165) is 0 Å². The van der Waals surface area contributed by atoms with Gasteiger partial charge in [0.25, 0.3) is 0 Å². The highest BCUT2D eigenvalue weighted by Gasteiger charge is 2.18. The van der Waals surface area contributed by atoms with E-state index in [4.69, 9.17) is 28.4 Å². The molecule has 0 saturated heterocycles. The van der Waals surface area contributed by atoms with E-state index < -0.39 is 8.25 Å². The van der Waals surface area contributed by atoms with Crippen LogP contribution < -0.4 is 23.5 Å². The standard InChI is InChI=1S/C18H20N3O7P/c1-24-14-6-5-11(7-15(14)28-29(22)23)13-10-19-20-21(13)12-8-16(25-2)18(27-4)17(9-12)26-3/h5-10,29H,1-4H3,(H,22,23). The lowest BCUT2D eigenvalue weighted by molar-refractivity contribution is 0.324. The lowest BCUT2D eigenvalue weighted by Gasteiger charge is -2.15. The Bertz CT molecular complexity index is 1010. The summed E-state index contributed by atoms with van der Waals surface area (Å²) in [5.41, 5.74) is 1.85. The zero-order valence-electron chi connectivity index (χ0n) is 16.2. The summed E-state index contributed by atoms with van der Waals surface area (Å²) in [5, 5.41) is 8.13. The Morgan fingerprint density at radius 3 is 2.10 bits per heavy atom. The van der Waals surface area contributed by atoms with Gasteiger partial charge in [-0.3, -0.25) is 0 Å². The third-order valence-electron chi connectivity index (χ3n) is 4.10. The summed E-state index contributed by atoms with van der Waals surface area (Å²) in [6, 6.07) is 8.42. The van der Waals surface area contributed by atoms with Crippen LogP contribution in [0.2, 0.25) is 0 Å². The number of hydrogen-bond donors (Lipinski definition) is 1. The van der Waals surface area contributed by atoms with Gasteiger partial charge in [-0.1, -0.05) is 5.21 Å². The first-order valence-electron chi connectivity index (χ1n) is 8.32. The summed E-state index contributed by atoms with van der Waals surface area (Å²) in [6.07, 6.45) is 1.55. The Morgan fingerprint density at radius 2 is 1.55 bits per heavy atom. The van der Waals surface area contributed by atoms with E-state index in [2.05, 4.69) is 10.3 Å². The van der Waals surface area contributed by atoms with Crippen molar-refractivity contribution < 1.29 is 32.9 Å². The van der Waals surface area contributed by atoms with Gasteiger partial charge in [-0.2, -0.15) is 0 Å². The van der Waals surface area contributed by atoms with Crippen molar-refractivity contribution in [2.75, 3.05) is 28.4 Å². The number of methoxy groups -OCH3 is 4. The molecule has 3 rings (SSSR count). The average molecular weight is 421 g/mol. The zero-order chi connectivity index (χ0) is 21.0. The Balaban J connectivity index is 2.12. The summed E-state index contributed by atoms with van der Waals surface area (Å²) in [6.45, 7) is 0. The number of ether oxygens (including phenoxy) is 4. The predicted molar refractivity (Wildman–Crippen MR) is 105 cm³/mol. The van der Waals surface area contributed by atoms with E-state index in [9.17, 15) is 4.57 Å². The Hall–Kier alpha value is -3.23. The second-order valence-electron chi connectivity index (χ2n) is 5.65. The summed E-state index contributed by atoms with van der Waals surface area (Å²) in [7, 11) is 2.80. The Morgan fingerprint density at radius 1 is 0.897 bits per heavy atom. The topological polar surface area (TPSA) is 114 Å². The molecule has 0 aliphatic carbocycles. The molecule has 154 valence electrons. The van der Waals surface area contributed by atoms with Crippen LogP contribution in [-0.4, -0.2) is 48.3 Å². The van der Waals surface area contributed by atoms with Gasteiger partial charge in [0.1, 0.15) is 0 Å². The van der Waals surface area contributed by atoms with Gasteiger partial charge in [0.2, 0.25) is 5.75 Å². The largest absolute Gasteiger partial charge is 0.493 e. The molecular formula is C18H20N3O7P. The number of rotatable bonds is 8. The predicted octanol–water partition coefficient (Wildman–Crippen LogP) is 2.73. The maximum atomic E-state index is 11.2. The zero-order valence-corrected chi connectivity index (χ0v) is 17.2. The van der Waals surface area contributed by atoms with Crippen LogP contribution in [0.5, 0.6) is 28.7 Å². The van der Waals surface area contributed by atoms with Crippen molar-refractivity contribution in [2.45, 2.75) is 0 Å². The fourth-order valence-electron chi connectivity index (χ4n) is 2.82. The number of aromatic nitrogens is 3. The van der Waals surface area contributed by atoms with Crippen molar-refractivity contribution in [3.05, 3.63) is 36.5 Å². The monoisotopic (exact) mass is 421 g/mol. The van der Waals surface area contributed by atoms with Gasteiger partial charge in [0.15, 0.2) is 23.0 Å². The molecule has 1 heterocycles. The van der Waals surface area contributed by atoms with E-state index in [1.807, 2.05) is 0 Å². The van der Waals surface area contributed by atoms with E-state index in [-0.39, 0.29) is 5.75 Å². The summed E-state index contributed by atoms with van der Waals surface area (Å²) < 4.78 is 39.0. The van der Waals surface area contributed by atoms with Crippen LogP contribution >= 0.6 is 8.25 Å². The van der Waals surface area contributed by atoms with Gasteiger partial charge in [-0.05, 0) is 18.2 Å². The fraction of sp³-hybridized carbons (Fsp3) is 0.222. The molecule has 0 amide bonds. The van der Waals surface area contributed by atoms with Gasteiger partial charge in [-0.25, -0.2) is 9.25 Å². The van der Waals surface area contributed by atoms with Gasteiger partial charge < -0.3 is 28.4 Å². The van der Waals surface area contributed by atoms with Crippen molar-refractivity contribution in [3.63, 3.8) is 0 Å². The second kappa shape index (κ2) is 8.85. The minimum atomic E-state index is -3.21. The second-order valence-corrected chi connectivity index (χ2v) is 6.38. The fourth-order valence-corrected chi connectivity index (χ4v) is 3.17. The first-order valence-corrected chi connectivity index (χ1v) is 9.59. The number of nitrogens with zero attached hydrogens (tertiary/aromatic N) is 3. The first kappa shape index (κ1) is 20.5. The molecule has 1 aromatic heterocycles. The molecule has 2 aromatic carbocycles. The number of benzene rings is 2. The van der Waals surface area contributed by atoms with Crippen molar-refractivity contribution in [2.24, 2.45) is 0 Å². The molecule has 0 spiro atoms. The average Bonchev–Trinajstić information content (AvgIpc) is 3.22. The van der Waals surface area contributed by atoms with Crippen LogP contribution in [0.25, 0.3) is 16.9 Å². The minimum Gasteiger partial charge on any atom is -0.493 e. The lowest BCUT2D eigenvalue weighted by Crippen LogP contribution is -2.03. The molecule has 0 bridgehead atoms. The van der Waals surface area contributed by atoms with Crippen LogP contribution in [0.4, 0.5) is 0 Å². The summed E-state index contributed by atoms with van der Waals surface area (Å²) >= 11 is 0. The maximum Gasteiger partial charge on any atom is 0.365 e. The summed E-state index contributed by atoms with van der Waals surface area (Å²) in [5.74, 6) is 1.83. The van der Waals surface area contributed by atoms with Crippen molar-refractivity contribution in [1.82, 2.24) is 15.0 Å². The van der Waals surface area contributed by atoms with Crippen LogP contribution in [0.15, 0.2) is 36.5 Å². The van der Waals surface area contributed by atoms with Gasteiger partial charge in [-0.15, -0.1) is 5.10 Å². The Labute approximate surface area is 167 Å². The quantitative estimate of drug-likeness (QED) is 0.548. The smallest absolute Gasteiger partial charge is 0.365 e. The van der Waals surface area contributed by atoms with Crippen LogP contribution in [0.1, 0.15) is 0 Å². The van der Waals surface area contributed by atoms with Gasteiger partial charge >= 0.3 is 8.25 Å². The van der Waals surface area contributed by atoms with Crippen LogP contribution in [0, 0.1) is 0 Å². The molecule has 0 fully saturated rings. The third kappa shape index (κ3) is 4.13. The van der Waals surface area contributed by atoms with E-state index in [0.29, 0.717) is 39.9 Å². The molecule has 1 unspecified atom stereocenters. The highest BCUT2D eigenvalue weighted by atomic mass is 31.1. The molecule has 1 N–H and O–H groups in total. The molecule has 1 atom stereocenters. The SMILES string of the molecule is COc1ccc(-c2cnnn2-c2cc(OC)c(OC)c(OC)c2)cc1O[PH](=O)O. The maximum absolute atomic E-state index is 11.2. The minimum absolute atomic E-state index is 0.133. The van der Waals surface area contributed by atoms with Crippen LogP contribution in [0.3, 0.4) is 0 Å². The Kier molecular flexibility index (Phi) is 6.26. The van der Waals surface area contributed by atoms with Crippen LogP contribution in [-0.2, 0) is 4.57 Å². The number of hydrogen-bond acceptors (Lipinski definition) is 8. The lowest BCUT2D eigenvalue weighted by atomic mass is 10.1. The normalized spacial score (nSPS) is 11.6. The molecule has 3 aromatic rings. The molecule has 29 heavy (non-hydrogen) atoms. The van der Waals surface area contributed by atoms with Gasteiger partial charge in [0, 0.05) is 17.7 Å². The molecule has 0 aliphatic heterocycles. The third-order valence-corrected chi connectivity index (χ3v) is 4.49. The molecule has 0 saturated carbocycles. The first-order chi connectivity index (χ1) is 14.0. The molecule has 0 aliphatic rings. The molecule has 0 radical (unpaired) electrons. The van der Waals surface area contributed by atoms with E-state index in [1.165, 1.54) is 28.4 Å². The highest BCUT2D eigenvalue weighted by molar-refractivity contribution is 7.32. The van der Waals surface area contributed by atoms with Crippen molar-refractivity contribution >= 4 is 8.25 Å². The summed E-state index contributed by atoms with van der Waals surface area (Å²) in [4.78, 5) is 9.14. The van der Waals surface area contributed by atoms with Crippen molar-refractivity contribution in [1.29, 1.82) is 0 Å². The van der Waals surface area contributed by atoms with Crippen molar-refractivity contribution in [3.8, 4) is 45.7 Å². The van der Waals surface area contributed by atoms with E-state index >= 15 is 0 Å². The molecule has 11 heteroatoms. The highest BCUT2D eigenvalue weighted by Crippen LogP contribution is 2.41. The molecule has 10 nitrogen and oxygen atoms in total.